The molecule has 0 aromatic carbocycles. The third-order valence-electron chi connectivity index (χ3n) is 3.68. The Hall–Kier alpha value is -2.34. The molecule has 3 heterocycles. The summed E-state index contributed by atoms with van der Waals surface area (Å²) < 4.78 is 0. The van der Waals surface area contributed by atoms with Gasteiger partial charge in [-0.15, -0.1) is 22.7 Å². The molecule has 0 saturated carbocycles. The van der Waals surface area contributed by atoms with E-state index in [0.29, 0.717) is 11.1 Å². The predicted molar refractivity (Wildman–Crippen MR) is 90.1 cm³/mol. The third-order valence-corrected chi connectivity index (χ3v) is 5.89. The Bertz CT molecular complexity index is 819. The van der Waals surface area contributed by atoms with Gasteiger partial charge in [0.1, 0.15) is 0 Å². The molecule has 3 nitrogen and oxygen atoms in total. The second kappa shape index (κ2) is 5.81. The van der Waals surface area contributed by atoms with Gasteiger partial charge < -0.3 is 5.32 Å². The van der Waals surface area contributed by atoms with E-state index in [1.807, 2.05) is 26.0 Å². The lowest BCUT2D eigenvalue weighted by Gasteiger charge is -2.25. The van der Waals surface area contributed by atoms with Crippen LogP contribution in [-0.2, 0) is 0 Å². The number of nitriles is 2. The van der Waals surface area contributed by atoms with E-state index < -0.39 is 0 Å². The largest absolute Gasteiger partial charge is 0.361 e. The monoisotopic (exact) mass is 323 g/mol. The molecule has 0 unspecified atom stereocenters. The minimum absolute atomic E-state index is 0.255. The van der Waals surface area contributed by atoms with Crippen molar-refractivity contribution < 1.29 is 0 Å². The SMILES string of the molecule is CC1=C(C#N)C(c2ccc(-c3cccs3)s2)C(C#N)=C(C)N1. The van der Waals surface area contributed by atoms with Crippen LogP contribution in [0.5, 0.6) is 0 Å². The van der Waals surface area contributed by atoms with Crippen LogP contribution >= 0.6 is 22.7 Å². The number of thiophene rings is 2. The standard InChI is InChI=1S/C17H13N3S2/c1-10-12(8-18)17(13(9-19)11(2)20-10)16-6-5-15(22-16)14-4-3-7-21-14/h3-7,17,20H,1-2H3. The van der Waals surface area contributed by atoms with Crippen molar-refractivity contribution in [2.24, 2.45) is 0 Å². The molecule has 0 fully saturated rings. The molecule has 1 N–H and O–H groups in total. The van der Waals surface area contributed by atoms with Crippen molar-refractivity contribution in [3.63, 3.8) is 0 Å². The highest BCUT2D eigenvalue weighted by atomic mass is 32.1. The Morgan fingerprint density at radius 3 is 2.23 bits per heavy atom. The highest BCUT2D eigenvalue weighted by molar-refractivity contribution is 7.21. The molecule has 0 atom stereocenters. The molecule has 108 valence electrons. The summed E-state index contributed by atoms with van der Waals surface area (Å²) in [6, 6.07) is 12.8. The van der Waals surface area contributed by atoms with Crippen LogP contribution in [-0.4, -0.2) is 0 Å². The van der Waals surface area contributed by atoms with Gasteiger partial charge in [0.05, 0.1) is 29.2 Å². The summed E-state index contributed by atoms with van der Waals surface area (Å²) in [4.78, 5) is 3.42. The van der Waals surface area contributed by atoms with Gasteiger partial charge in [0.15, 0.2) is 0 Å². The zero-order valence-electron chi connectivity index (χ0n) is 12.2. The van der Waals surface area contributed by atoms with Crippen molar-refractivity contribution in [2.75, 3.05) is 0 Å². The maximum absolute atomic E-state index is 9.51. The van der Waals surface area contributed by atoms with Crippen LogP contribution in [0.3, 0.4) is 0 Å². The molecular weight excluding hydrogens is 310 g/mol. The van der Waals surface area contributed by atoms with Crippen molar-refractivity contribution in [1.29, 1.82) is 10.5 Å². The molecule has 22 heavy (non-hydrogen) atoms. The van der Waals surface area contributed by atoms with Crippen LogP contribution in [0.25, 0.3) is 9.75 Å². The van der Waals surface area contributed by atoms with Crippen molar-refractivity contribution in [1.82, 2.24) is 5.32 Å². The number of nitrogens with zero attached hydrogens (tertiary/aromatic N) is 2. The Balaban J connectivity index is 2.10. The molecule has 2 aromatic rings. The van der Waals surface area contributed by atoms with E-state index in [1.54, 1.807) is 22.7 Å². The molecule has 2 aromatic heterocycles. The first kappa shape index (κ1) is 14.6. The maximum Gasteiger partial charge on any atom is 0.0976 e. The van der Waals surface area contributed by atoms with E-state index in [-0.39, 0.29) is 5.92 Å². The first-order valence-corrected chi connectivity index (χ1v) is 8.47. The van der Waals surface area contributed by atoms with Gasteiger partial charge in [0.25, 0.3) is 0 Å². The summed E-state index contributed by atoms with van der Waals surface area (Å²) in [6.45, 7) is 3.77. The van der Waals surface area contributed by atoms with Crippen LogP contribution in [0.1, 0.15) is 24.6 Å². The van der Waals surface area contributed by atoms with Gasteiger partial charge in [0, 0.05) is 26.0 Å². The van der Waals surface area contributed by atoms with Crippen molar-refractivity contribution in [3.8, 4) is 21.9 Å². The van der Waals surface area contributed by atoms with E-state index in [4.69, 9.17) is 0 Å². The van der Waals surface area contributed by atoms with Gasteiger partial charge in [-0.05, 0) is 37.4 Å². The number of dihydropyridines is 1. The fourth-order valence-electron chi connectivity index (χ4n) is 2.63. The first-order valence-electron chi connectivity index (χ1n) is 6.78. The van der Waals surface area contributed by atoms with Crippen molar-refractivity contribution >= 4 is 22.7 Å². The maximum atomic E-state index is 9.51. The summed E-state index contributed by atoms with van der Waals surface area (Å²) in [7, 11) is 0. The lowest BCUT2D eigenvalue weighted by atomic mass is 9.86. The van der Waals surface area contributed by atoms with Gasteiger partial charge in [-0.2, -0.15) is 10.5 Å². The molecule has 0 spiro atoms. The van der Waals surface area contributed by atoms with Crippen LogP contribution in [0.2, 0.25) is 0 Å². The minimum Gasteiger partial charge on any atom is -0.361 e. The van der Waals surface area contributed by atoms with Crippen LogP contribution in [0, 0.1) is 22.7 Å². The molecular formula is C17H13N3S2. The smallest absolute Gasteiger partial charge is 0.0976 e. The van der Waals surface area contributed by atoms with E-state index >= 15 is 0 Å². The van der Waals surface area contributed by atoms with Crippen LogP contribution < -0.4 is 5.32 Å². The Kier molecular flexibility index (Phi) is 3.85. The van der Waals surface area contributed by atoms with E-state index in [9.17, 15) is 10.5 Å². The number of hydrogen-bond donors (Lipinski definition) is 1. The van der Waals surface area contributed by atoms with Gasteiger partial charge >= 0.3 is 0 Å². The number of hydrogen-bond acceptors (Lipinski definition) is 5. The quantitative estimate of drug-likeness (QED) is 0.867. The average molecular weight is 323 g/mol. The summed E-state index contributed by atoms with van der Waals surface area (Å²) >= 11 is 3.35. The fraction of sp³-hybridized carbons (Fsp3) is 0.176. The predicted octanol–water partition coefficient (Wildman–Crippen LogP) is 4.76. The second-order valence-electron chi connectivity index (χ2n) is 5.04. The van der Waals surface area contributed by atoms with E-state index in [1.165, 1.54) is 9.75 Å². The molecule has 1 aliphatic rings. The summed E-state index contributed by atoms with van der Waals surface area (Å²) in [5.74, 6) is -0.255. The zero-order chi connectivity index (χ0) is 15.7. The summed E-state index contributed by atoms with van der Waals surface area (Å²) in [6.07, 6.45) is 0. The minimum atomic E-state index is -0.255. The average Bonchev–Trinajstić information content (AvgIpc) is 3.17. The summed E-state index contributed by atoms with van der Waals surface area (Å²) in [5, 5.41) is 24.2. The lowest BCUT2D eigenvalue weighted by molar-refractivity contribution is 0.822. The normalized spacial score (nSPS) is 15.5. The molecule has 1 aliphatic heterocycles. The Morgan fingerprint density at radius 1 is 1.00 bits per heavy atom. The number of nitrogens with one attached hydrogen (secondary N) is 1. The third kappa shape index (κ3) is 2.35. The molecule has 3 rings (SSSR count). The summed E-state index contributed by atoms with van der Waals surface area (Å²) in [5.41, 5.74) is 2.91. The zero-order valence-corrected chi connectivity index (χ0v) is 13.8. The Morgan fingerprint density at radius 2 is 1.68 bits per heavy atom. The molecule has 0 radical (unpaired) electrons. The van der Waals surface area contributed by atoms with Crippen LogP contribution in [0.15, 0.2) is 52.2 Å². The number of allylic oxidation sites excluding steroid dienone is 4. The van der Waals surface area contributed by atoms with E-state index in [2.05, 4.69) is 35.0 Å². The lowest BCUT2D eigenvalue weighted by Crippen LogP contribution is -2.22. The Labute approximate surface area is 137 Å². The van der Waals surface area contributed by atoms with E-state index in [0.717, 1.165) is 16.3 Å². The highest BCUT2D eigenvalue weighted by Crippen LogP contribution is 2.42. The van der Waals surface area contributed by atoms with Gasteiger partial charge in [0.2, 0.25) is 0 Å². The highest BCUT2D eigenvalue weighted by Gasteiger charge is 2.30. The van der Waals surface area contributed by atoms with Crippen molar-refractivity contribution in [3.05, 3.63) is 57.1 Å². The topological polar surface area (TPSA) is 59.6 Å². The molecule has 0 saturated heterocycles. The molecule has 0 amide bonds. The molecule has 0 bridgehead atoms. The number of rotatable bonds is 2. The molecule has 5 heteroatoms. The first-order chi connectivity index (χ1) is 10.7. The van der Waals surface area contributed by atoms with Crippen LogP contribution in [0.4, 0.5) is 0 Å². The van der Waals surface area contributed by atoms with Gasteiger partial charge in [-0.25, -0.2) is 0 Å². The molecule has 0 aliphatic carbocycles. The fourth-order valence-corrected chi connectivity index (χ4v) is 4.60. The van der Waals surface area contributed by atoms with Gasteiger partial charge in [-0.3, -0.25) is 0 Å². The van der Waals surface area contributed by atoms with Gasteiger partial charge in [-0.1, -0.05) is 6.07 Å². The van der Waals surface area contributed by atoms with Crippen molar-refractivity contribution in [2.45, 2.75) is 19.8 Å². The second-order valence-corrected chi connectivity index (χ2v) is 7.10.